The molecule has 56 heavy (non-hydrogen) atoms. The van der Waals surface area contributed by atoms with E-state index in [1.54, 1.807) is 0 Å². The Hall–Kier alpha value is -7.22. The topological polar surface area (TPSA) is 9.23 Å². The quantitative estimate of drug-likeness (QED) is 0.174. The van der Waals surface area contributed by atoms with Gasteiger partial charge in [0.05, 0.1) is 5.41 Å². The second-order valence-corrected chi connectivity index (χ2v) is 15.5. The van der Waals surface area contributed by atoms with Crippen molar-refractivity contribution in [2.24, 2.45) is 0 Å². The standard InChI is InChI=1S/C55H32O/c1-2-15-37-33(11-1)12-7-18-38(37)39-19-10-21-43-40(39)28-29-49-54(43)45-27-25-36(32-50(45)55(49)47-22-5-3-16-41(47)42-17-4-6-23-48(42)55)35-26-30-51-46(31-35)44-20-8-13-34-14-9-24-52(56-51)53(34)44/h1-32H. The summed E-state index contributed by atoms with van der Waals surface area (Å²) in [6.45, 7) is 0. The predicted molar refractivity (Wildman–Crippen MR) is 232 cm³/mol. The molecular weight excluding hydrogens is 677 g/mol. The van der Waals surface area contributed by atoms with Crippen LogP contribution in [0, 0.1) is 0 Å². The van der Waals surface area contributed by atoms with E-state index >= 15 is 0 Å². The van der Waals surface area contributed by atoms with Crippen molar-refractivity contribution in [3.63, 3.8) is 0 Å². The van der Waals surface area contributed by atoms with Crippen molar-refractivity contribution in [3.8, 4) is 67.1 Å². The minimum absolute atomic E-state index is 0.459. The van der Waals surface area contributed by atoms with Crippen molar-refractivity contribution in [3.05, 3.63) is 216 Å². The molecule has 1 spiro atoms. The summed E-state index contributed by atoms with van der Waals surface area (Å²) >= 11 is 0. The minimum atomic E-state index is -0.459. The van der Waals surface area contributed by atoms with Gasteiger partial charge < -0.3 is 4.74 Å². The van der Waals surface area contributed by atoms with Crippen LogP contribution in [0.25, 0.3) is 88.0 Å². The second kappa shape index (κ2) is 10.9. The molecule has 3 aliphatic rings. The van der Waals surface area contributed by atoms with Gasteiger partial charge in [0.15, 0.2) is 0 Å². The van der Waals surface area contributed by atoms with Gasteiger partial charge in [0.1, 0.15) is 11.5 Å². The summed E-state index contributed by atoms with van der Waals surface area (Å²) in [5.41, 5.74) is 17.5. The van der Waals surface area contributed by atoms with Crippen LogP contribution in [0.2, 0.25) is 0 Å². The van der Waals surface area contributed by atoms with Gasteiger partial charge in [-0.15, -0.1) is 0 Å². The van der Waals surface area contributed by atoms with Crippen LogP contribution >= 0.6 is 0 Å². The largest absolute Gasteiger partial charge is 0.456 e. The highest BCUT2D eigenvalue weighted by Gasteiger charge is 2.52. The molecule has 258 valence electrons. The third kappa shape index (κ3) is 3.79. The summed E-state index contributed by atoms with van der Waals surface area (Å²) in [7, 11) is 0. The van der Waals surface area contributed by atoms with E-state index in [0.29, 0.717) is 0 Å². The van der Waals surface area contributed by atoms with Gasteiger partial charge in [0.2, 0.25) is 0 Å². The molecule has 0 aromatic heterocycles. The van der Waals surface area contributed by atoms with Crippen molar-refractivity contribution < 1.29 is 4.74 Å². The Labute approximate surface area is 324 Å². The number of hydrogen-bond acceptors (Lipinski definition) is 1. The second-order valence-electron chi connectivity index (χ2n) is 15.5. The molecule has 1 aliphatic heterocycles. The normalized spacial score (nSPS) is 13.6. The van der Waals surface area contributed by atoms with Crippen molar-refractivity contribution in [2.75, 3.05) is 0 Å². The van der Waals surface area contributed by atoms with E-state index in [4.69, 9.17) is 4.74 Å². The highest BCUT2D eigenvalue weighted by Crippen LogP contribution is 2.64. The minimum Gasteiger partial charge on any atom is -0.456 e. The zero-order chi connectivity index (χ0) is 36.5. The Morgan fingerprint density at radius 1 is 0.304 bits per heavy atom. The first-order valence-corrected chi connectivity index (χ1v) is 19.5. The van der Waals surface area contributed by atoms with Crippen LogP contribution in [0.15, 0.2) is 194 Å². The van der Waals surface area contributed by atoms with Gasteiger partial charge in [-0.2, -0.15) is 0 Å². The van der Waals surface area contributed by atoms with Crippen LogP contribution in [0.1, 0.15) is 22.3 Å². The number of hydrogen-bond donors (Lipinski definition) is 0. The highest BCUT2D eigenvalue weighted by molar-refractivity contribution is 6.13. The van der Waals surface area contributed by atoms with E-state index in [2.05, 4.69) is 194 Å². The van der Waals surface area contributed by atoms with Gasteiger partial charge in [-0.1, -0.05) is 170 Å². The Morgan fingerprint density at radius 2 is 0.911 bits per heavy atom. The Balaban J connectivity index is 1.09. The lowest BCUT2D eigenvalue weighted by molar-refractivity contribution is 0.487. The van der Waals surface area contributed by atoms with Gasteiger partial charge in [-0.25, -0.2) is 0 Å². The van der Waals surface area contributed by atoms with E-state index < -0.39 is 5.41 Å². The molecule has 0 fully saturated rings. The molecule has 2 aliphatic carbocycles. The van der Waals surface area contributed by atoms with Crippen LogP contribution < -0.4 is 4.74 Å². The molecule has 0 atom stereocenters. The maximum atomic E-state index is 6.52. The molecule has 10 aromatic carbocycles. The third-order valence-electron chi connectivity index (χ3n) is 12.9. The molecule has 1 heterocycles. The lowest BCUT2D eigenvalue weighted by Crippen LogP contribution is -2.25. The van der Waals surface area contributed by atoms with Gasteiger partial charge >= 0.3 is 0 Å². The van der Waals surface area contributed by atoms with Crippen LogP contribution in [0.4, 0.5) is 0 Å². The first kappa shape index (κ1) is 30.1. The molecule has 0 radical (unpaired) electrons. The number of rotatable bonds is 2. The molecule has 0 amide bonds. The van der Waals surface area contributed by atoms with E-state index in [1.165, 1.54) is 105 Å². The lowest BCUT2D eigenvalue weighted by atomic mass is 9.70. The predicted octanol–water partition coefficient (Wildman–Crippen LogP) is 14.6. The van der Waals surface area contributed by atoms with Crippen LogP contribution in [-0.2, 0) is 5.41 Å². The number of ether oxygens (including phenoxy) is 1. The maximum absolute atomic E-state index is 6.52. The third-order valence-corrected chi connectivity index (χ3v) is 12.9. The molecule has 1 nitrogen and oxygen atoms in total. The molecule has 0 saturated heterocycles. The molecule has 13 rings (SSSR count). The fourth-order valence-electron chi connectivity index (χ4n) is 10.6. The van der Waals surface area contributed by atoms with Gasteiger partial charge in [0, 0.05) is 10.9 Å². The van der Waals surface area contributed by atoms with E-state index in [9.17, 15) is 0 Å². The zero-order valence-corrected chi connectivity index (χ0v) is 30.4. The van der Waals surface area contributed by atoms with Gasteiger partial charge in [-0.3, -0.25) is 0 Å². The maximum Gasteiger partial charge on any atom is 0.135 e. The van der Waals surface area contributed by atoms with Crippen LogP contribution in [-0.4, -0.2) is 0 Å². The Morgan fingerprint density at radius 3 is 1.75 bits per heavy atom. The fourth-order valence-corrected chi connectivity index (χ4v) is 10.6. The van der Waals surface area contributed by atoms with Gasteiger partial charge in [-0.05, 0) is 124 Å². The van der Waals surface area contributed by atoms with Crippen LogP contribution in [0.5, 0.6) is 11.5 Å². The molecule has 10 aromatic rings. The average Bonchev–Trinajstić information content (AvgIpc) is 3.73. The van der Waals surface area contributed by atoms with E-state index in [0.717, 1.165) is 17.1 Å². The van der Waals surface area contributed by atoms with Crippen molar-refractivity contribution in [2.45, 2.75) is 5.41 Å². The number of fused-ring (bicyclic) bond motifs is 15. The molecular formula is C55H32O. The average molecular weight is 709 g/mol. The molecule has 0 N–H and O–H groups in total. The fraction of sp³-hybridized carbons (Fsp3) is 0.0182. The summed E-state index contributed by atoms with van der Waals surface area (Å²) in [6.07, 6.45) is 0. The van der Waals surface area contributed by atoms with Gasteiger partial charge in [0.25, 0.3) is 0 Å². The first-order chi connectivity index (χ1) is 27.8. The molecule has 0 unspecified atom stereocenters. The Kier molecular flexibility index (Phi) is 5.89. The summed E-state index contributed by atoms with van der Waals surface area (Å²) in [4.78, 5) is 0. The van der Waals surface area contributed by atoms with Crippen molar-refractivity contribution in [1.29, 1.82) is 0 Å². The molecule has 1 heteroatoms. The van der Waals surface area contributed by atoms with Crippen molar-refractivity contribution in [1.82, 2.24) is 0 Å². The smallest absolute Gasteiger partial charge is 0.135 e. The van der Waals surface area contributed by atoms with Crippen molar-refractivity contribution >= 4 is 32.3 Å². The van der Waals surface area contributed by atoms with E-state index in [1.807, 2.05) is 0 Å². The molecule has 0 saturated carbocycles. The lowest BCUT2D eigenvalue weighted by Gasteiger charge is -2.31. The van der Waals surface area contributed by atoms with E-state index in [-0.39, 0.29) is 0 Å². The first-order valence-electron chi connectivity index (χ1n) is 19.5. The Bertz CT molecular complexity index is 3290. The molecule has 0 bridgehead atoms. The van der Waals surface area contributed by atoms with Crippen LogP contribution in [0.3, 0.4) is 0 Å². The summed E-state index contributed by atoms with van der Waals surface area (Å²) in [5, 5.41) is 7.48. The number of benzene rings is 10. The summed E-state index contributed by atoms with van der Waals surface area (Å²) in [5.74, 6) is 1.82. The summed E-state index contributed by atoms with van der Waals surface area (Å²) in [6, 6.07) is 72.1. The summed E-state index contributed by atoms with van der Waals surface area (Å²) < 4.78 is 6.52. The monoisotopic (exact) mass is 708 g/mol. The zero-order valence-electron chi connectivity index (χ0n) is 30.4. The highest BCUT2D eigenvalue weighted by atomic mass is 16.5. The SMILES string of the molecule is c1ccc2c(c1)-c1ccccc1C21c2cc(-c3ccc4c(c3)-c3cccc5cccc(c35)O4)ccc2-c2c1ccc1c(-c3cccc4ccccc34)cccc21.